The highest BCUT2D eigenvalue weighted by Gasteiger charge is 2.30. The summed E-state index contributed by atoms with van der Waals surface area (Å²) in [4.78, 5) is 10.7. The number of carboxylic acids is 1. The number of nitrogens with zero attached hydrogens (tertiary/aromatic N) is 2. The van der Waals surface area contributed by atoms with E-state index in [1.807, 2.05) is 0 Å². The molecule has 0 aliphatic carbocycles. The van der Waals surface area contributed by atoms with Crippen molar-refractivity contribution in [2.24, 2.45) is 0 Å². The van der Waals surface area contributed by atoms with Crippen LogP contribution in [-0.2, 0) is 17.4 Å². The average molecular weight is 300 g/mol. The second kappa shape index (κ2) is 5.47. The van der Waals surface area contributed by atoms with Gasteiger partial charge in [0, 0.05) is 0 Å². The lowest BCUT2D eigenvalue weighted by atomic mass is 10.2. The Hall–Kier alpha value is -2.51. The molecule has 1 aromatic heterocycles. The number of rotatable bonds is 4. The summed E-state index contributed by atoms with van der Waals surface area (Å²) >= 11 is 0. The van der Waals surface area contributed by atoms with Gasteiger partial charge in [0.05, 0.1) is 31.0 Å². The van der Waals surface area contributed by atoms with Crippen LogP contribution < -0.4 is 4.74 Å². The SMILES string of the molecule is COc1cn(-c2ccc(C(F)(F)F)cc2)nc1CC(=O)O. The molecule has 0 amide bonds. The van der Waals surface area contributed by atoms with E-state index in [2.05, 4.69) is 5.10 Å². The Bertz CT molecular complexity index is 648. The number of methoxy groups -OCH3 is 1. The fraction of sp³-hybridized carbons (Fsp3) is 0.231. The summed E-state index contributed by atoms with van der Waals surface area (Å²) in [5, 5.41) is 12.8. The van der Waals surface area contributed by atoms with Crippen molar-refractivity contribution in [1.29, 1.82) is 0 Å². The summed E-state index contributed by atoms with van der Waals surface area (Å²) in [6, 6.07) is 4.36. The van der Waals surface area contributed by atoms with Gasteiger partial charge in [-0.2, -0.15) is 18.3 Å². The molecule has 0 saturated carbocycles. The maximum Gasteiger partial charge on any atom is 0.416 e. The molecule has 1 aromatic carbocycles. The third kappa shape index (κ3) is 3.33. The normalized spacial score (nSPS) is 11.4. The molecule has 21 heavy (non-hydrogen) atoms. The number of aromatic nitrogens is 2. The fourth-order valence-corrected chi connectivity index (χ4v) is 1.77. The molecule has 0 aliphatic heterocycles. The minimum absolute atomic E-state index is 0.199. The van der Waals surface area contributed by atoms with Gasteiger partial charge in [-0.05, 0) is 24.3 Å². The van der Waals surface area contributed by atoms with Crippen LogP contribution in [0.2, 0.25) is 0 Å². The van der Waals surface area contributed by atoms with Crippen LogP contribution in [0.3, 0.4) is 0 Å². The van der Waals surface area contributed by atoms with Gasteiger partial charge in [0.1, 0.15) is 5.69 Å². The van der Waals surface area contributed by atoms with E-state index < -0.39 is 17.7 Å². The van der Waals surface area contributed by atoms with Gasteiger partial charge in [0.2, 0.25) is 0 Å². The van der Waals surface area contributed by atoms with Crippen molar-refractivity contribution in [3.05, 3.63) is 41.7 Å². The van der Waals surface area contributed by atoms with E-state index in [1.165, 1.54) is 30.1 Å². The topological polar surface area (TPSA) is 64.4 Å². The smallest absolute Gasteiger partial charge is 0.416 e. The van der Waals surface area contributed by atoms with E-state index in [9.17, 15) is 18.0 Å². The molecule has 0 radical (unpaired) electrons. The van der Waals surface area contributed by atoms with Gasteiger partial charge in [-0.3, -0.25) is 4.79 Å². The van der Waals surface area contributed by atoms with Gasteiger partial charge in [-0.15, -0.1) is 0 Å². The molecule has 8 heteroatoms. The van der Waals surface area contributed by atoms with Crippen LogP contribution in [0, 0.1) is 0 Å². The monoisotopic (exact) mass is 300 g/mol. The van der Waals surface area contributed by atoms with Crippen molar-refractivity contribution in [3.8, 4) is 11.4 Å². The second-order valence-corrected chi connectivity index (χ2v) is 4.20. The Morgan fingerprint density at radius 3 is 2.43 bits per heavy atom. The van der Waals surface area contributed by atoms with E-state index in [-0.39, 0.29) is 17.9 Å². The number of carboxylic acid groups (broad SMARTS) is 1. The third-order valence-corrected chi connectivity index (χ3v) is 2.75. The first-order chi connectivity index (χ1) is 9.81. The maximum atomic E-state index is 12.5. The molecule has 0 bridgehead atoms. The summed E-state index contributed by atoms with van der Waals surface area (Å²) in [6.07, 6.45) is -3.33. The van der Waals surface area contributed by atoms with Gasteiger partial charge in [0.25, 0.3) is 0 Å². The number of benzene rings is 1. The lowest BCUT2D eigenvalue weighted by Gasteiger charge is -2.07. The summed E-state index contributed by atoms with van der Waals surface area (Å²) < 4.78 is 43.7. The quantitative estimate of drug-likeness (QED) is 0.942. The molecule has 1 heterocycles. The van der Waals surface area contributed by atoms with Gasteiger partial charge < -0.3 is 9.84 Å². The Balaban J connectivity index is 2.34. The number of hydrogen-bond acceptors (Lipinski definition) is 3. The Kier molecular flexibility index (Phi) is 3.88. The molecule has 5 nitrogen and oxygen atoms in total. The molecular formula is C13H11F3N2O3. The van der Waals surface area contributed by atoms with E-state index in [0.29, 0.717) is 5.69 Å². The van der Waals surface area contributed by atoms with Gasteiger partial charge in [-0.25, -0.2) is 4.68 Å². The summed E-state index contributed by atoms with van der Waals surface area (Å²) in [5.74, 6) is -0.816. The Morgan fingerprint density at radius 1 is 1.33 bits per heavy atom. The van der Waals surface area contributed by atoms with Crippen molar-refractivity contribution in [2.45, 2.75) is 12.6 Å². The zero-order chi connectivity index (χ0) is 15.6. The average Bonchev–Trinajstić information content (AvgIpc) is 2.80. The molecule has 0 saturated heterocycles. The molecule has 0 unspecified atom stereocenters. The van der Waals surface area contributed by atoms with Crippen molar-refractivity contribution in [3.63, 3.8) is 0 Å². The van der Waals surface area contributed by atoms with Crippen LogP contribution >= 0.6 is 0 Å². The highest BCUT2D eigenvalue weighted by molar-refractivity contribution is 5.70. The number of ether oxygens (including phenoxy) is 1. The number of halogens is 3. The van der Waals surface area contributed by atoms with Crippen LogP contribution in [0.15, 0.2) is 30.5 Å². The largest absolute Gasteiger partial charge is 0.493 e. The summed E-state index contributed by atoms with van der Waals surface area (Å²) in [6.45, 7) is 0. The van der Waals surface area contributed by atoms with Crippen molar-refractivity contribution in [1.82, 2.24) is 9.78 Å². The highest BCUT2D eigenvalue weighted by atomic mass is 19.4. The van der Waals surface area contributed by atoms with Crippen LogP contribution in [0.5, 0.6) is 5.75 Å². The molecule has 0 atom stereocenters. The number of alkyl halides is 3. The van der Waals surface area contributed by atoms with Crippen LogP contribution in [0.1, 0.15) is 11.3 Å². The zero-order valence-electron chi connectivity index (χ0n) is 10.9. The molecule has 1 N–H and O–H groups in total. The highest BCUT2D eigenvalue weighted by Crippen LogP contribution is 2.30. The molecule has 2 aromatic rings. The summed E-state index contributed by atoms with van der Waals surface area (Å²) in [5.41, 5.74) is -0.195. The summed E-state index contributed by atoms with van der Waals surface area (Å²) in [7, 11) is 1.36. The predicted molar refractivity (Wildman–Crippen MR) is 66.5 cm³/mol. The van der Waals surface area contributed by atoms with Crippen LogP contribution in [0.25, 0.3) is 5.69 Å². The van der Waals surface area contributed by atoms with Crippen molar-refractivity contribution >= 4 is 5.97 Å². The molecular weight excluding hydrogens is 289 g/mol. The molecule has 0 spiro atoms. The fourth-order valence-electron chi connectivity index (χ4n) is 1.77. The molecule has 0 aliphatic rings. The van der Waals surface area contributed by atoms with Crippen molar-refractivity contribution < 1.29 is 27.8 Å². The van der Waals surface area contributed by atoms with Gasteiger partial charge >= 0.3 is 12.1 Å². The zero-order valence-corrected chi connectivity index (χ0v) is 10.9. The van der Waals surface area contributed by atoms with E-state index >= 15 is 0 Å². The van der Waals surface area contributed by atoms with E-state index in [0.717, 1.165) is 12.1 Å². The number of hydrogen-bond donors (Lipinski definition) is 1. The second-order valence-electron chi connectivity index (χ2n) is 4.20. The number of carbonyl (C=O) groups is 1. The first kappa shape index (κ1) is 14.9. The lowest BCUT2D eigenvalue weighted by molar-refractivity contribution is -0.138. The van der Waals surface area contributed by atoms with Gasteiger partial charge in [0.15, 0.2) is 5.75 Å². The van der Waals surface area contributed by atoms with Gasteiger partial charge in [-0.1, -0.05) is 0 Å². The minimum atomic E-state index is -4.41. The first-order valence-electron chi connectivity index (χ1n) is 5.83. The molecule has 112 valence electrons. The Morgan fingerprint density at radius 2 is 1.95 bits per heavy atom. The predicted octanol–water partition coefficient (Wildman–Crippen LogP) is 2.53. The van der Waals surface area contributed by atoms with E-state index in [4.69, 9.17) is 9.84 Å². The lowest BCUT2D eigenvalue weighted by Crippen LogP contribution is -2.05. The first-order valence-corrected chi connectivity index (χ1v) is 5.83. The minimum Gasteiger partial charge on any atom is -0.493 e. The van der Waals surface area contributed by atoms with Crippen LogP contribution in [-0.4, -0.2) is 28.0 Å². The standard InChI is InChI=1S/C13H11F3N2O3/c1-21-11-7-18(17-10(11)6-12(19)20)9-4-2-8(3-5-9)13(14,15)16/h2-5,7H,6H2,1H3,(H,19,20). The van der Waals surface area contributed by atoms with Crippen molar-refractivity contribution in [2.75, 3.05) is 7.11 Å². The molecule has 0 fully saturated rings. The number of aliphatic carboxylic acids is 1. The van der Waals surface area contributed by atoms with E-state index in [1.54, 1.807) is 0 Å². The van der Waals surface area contributed by atoms with Crippen LogP contribution in [0.4, 0.5) is 13.2 Å². The Labute approximate surface area is 117 Å². The molecule has 2 rings (SSSR count). The maximum absolute atomic E-state index is 12.5. The third-order valence-electron chi connectivity index (χ3n) is 2.75.